The summed E-state index contributed by atoms with van der Waals surface area (Å²) in [5.74, 6) is 0.177. The molecule has 0 saturated heterocycles. The fourth-order valence-electron chi connectivity index (χ4n) is 2.52. The van der Waals surface area contributed by atoms with Crippen molar-refractivity contribution < 1.29 is 18.0 Å². The van der Waals surface area contributed by atoms with E-state index in [1.807, 2.05) is 26.8 Å². The zero-order chi connectivity index (χ0) is 17.1. The van der Waals surface area contributed by atoms with Crippen molar-refractivity contribution in [3.05, 3.63) is 58.5 Å². The van der Waals surface area contributed by atoms with Gasteiger partial charge in [0.1, 0.15) is 23.2 Å². The average molecular weight is 322 g/mol. The number of rotatable bonds is 4. The summed E-state index contributed by atoms with van der Waals surface area (Å²) in [5.41, 5.74) is 1.11. The molecule has 6 heteroatoms. The minimum Gasteiger partial charge on any atom is -0.466 e. The van der Waals surface area contributed by atoms with Crippen LogP contribution in [0.2, 0.25) is 0 Å². The number of nitrogens with one attached hydrogen (secondary N) is 2. The third-order valence-electron chi connectivity index (χ3n) is 3.67. The molecular formula is C17H20F2N2O2. The second-order valence-electron chi connectivity index (χ2n) is 5.60. The SMILES string of the molecule is Cc1cc(C(C)NC(=O)NC(C)c2ccc(F)cc2F)c(C)o1. The number of carbonyl (C=O) groups excluding carboxylic acids is 1. The molecule has 4 nitrogen and oxygen atoms in total. The van der Waals surface area contributed by atoms with Crippen LogP contribution < -0.4 is 10.6 Å². The molecule has 2 aromatic rings. The van der Waals surface area contributed by atoms with Gasteiger partial charge in [-0.2, -0.15) is 0 Å². The highest BCUT2D eigenvalue weighted by atomic mass is 19.1. The first kappa shape index (κ1) is 17.0. The Hall–Kier alpha value is -2.37. The van der Waals surface area contributed by atoms with Crippen LogP contribution in [0.4, 0.5) is 13.6 Å². The van der Waals surface area contributed by atoms with E-state index in [0.717, 1.165) is 29.2 Å². The normalized spacial score (nSPS) is 13.5. The van der Waals surface area contributed by atoms with Crippen molar-refractivity contribution in [3.63, 3.8) is 0 Å². The first-order valence-electron chi connectivity index (χ1n) is 7.37. The minimum atomic E-state index is -0.688. The standard InChI is InChI=1S/C17H20F2N2O2/c1-9-7-15(12(4)23-9)11(3)21-17(22)20-10(2)14-6-5-13(18)8-16(14)19/h5-8,10-11H,1-4H3,(H2,20,21,22). The smallest absolute Gasteiger partial charge is 0.315 e. The first-order valence-corrected chi connectivity index (χ1v) is 7.37. The van der Waals surface area contributed by atoms with E-state index in [9.17, 15) is 13.6 Å². The summed E-state index contributed by atoms with van der Waals surface area (Å²) in [6.45, 7) is 7.13. The largest absolute Gasteiger partial charge is 0.466 e. The number of hydrogen-bond donors (Lipinski definition) is 2. The molecule has 2 rings (SSSR count). The van der Waals surface area contributed by atoms with Crippen LogP contribution in [0.15, 0.2) is 28.7 Å². The maximum Gasteiger partial charge on any atom is 0.315 e. The summed E-state index contributed by atoms with van der Waals surface area (Å²) >= 11 is 0. The Morgan fingerprint density at radius 1 is 1.04 bits per heavy atom. The number of amides is 2. The number of carbonyl (C=O) groups is 1. The minimum absolute atomic E-state index is 0.226. The lowest BCUT2D eigenvalue weighted by Gasteiger charge is -2.18. The monoisotopic (exact) mass is 322 g/mol. The van der Waals surface area contributed by atoms with Gasteiger partial charge in [-0.15, -0.1) is 0 Å². The number of aryl methyl sites for hydroxylation is 2. The molecule has 124 valence electrons. The van der Waals surface area contributed by atoms with Gasteiger partial charge in [-0.3, -0.25) is 0 Å². The lowest BCUT2D eigenvalue weighted by atomic mass is 10.1. The second kappa shape index (κ2) is 6.81. The zero-order valence-electron chi connectivity index (χ0n) is 13.5. The molecule has 2 amide bonds. The Kier molecular flexibility index (Phi) is 5.03. The van der Waals surface area contributed by atoms with Gasteiger partial charge in [-0.05, 0) is 39.8 Å². The van der Waals surface area contributed by atoms with Crippen LogP contribution in [0.1, 0.15) is 48.6 Å². The van der Waals surface area contributed by atoms with Crippen LogP contribution in [0, 0.1) is 25.5 Å². The Bertz CT molecular complexity index is 713. The van der Waals surface area contributed by atoms with E-state index < -0.39 is 23.7 Å². The van der Waals surface area contributed by atoms with Crippen molar-refractivity contribution >= 4 is 6.03 Å². The molecule has 0 spiro atoms. The topological polar surface area (TPSA) is 54.3 Å². The molecule has 0 bridgehead atoms. The van der Waals surface area contributed by atoms with E-state index >= 15 is 0 Å². The van der Waals surface area contributed by atoms with Crippen molar-refractivity contribution in [1.82, 2.24) is 10.6 Å². The number of hydrogen-bond acceptors (Lipinski definition) is 2. The summed E-state index contributed by atoms with van der Waals surface area (Å²) < 4.78 is 32.1. The molecular weight excluding hydrogens is 302 g/mol. The van der Waals surface area contributed by atoms with Crippen LogP contribution in [0.3, 0.4) is 0 Å². The van der Waals surface area contributed by atoms with Crippen LogP contribution in [0.5, 0.6) is 0 Å². The van der Waals surface area contributed by atoms with Crippen LogP contribution in [-0.2, 0) is 0 Å². The summed E-state index contributed by atoms with van der Waals surface area (Å²) in [6, 6.07) is 3.87. The first-order chi connectivity index (χ1) is 10.8. The fourth-order valence-corrected chi connectivity index (χ4v) is 2.52. The Balaban J connectivity index is 2.00. The van der Waals surface area contributed by atoms with Crippen LogP contribution >= 0.6 is 0 Å². The molecule has 0 radical (unpaired) electrons. The highest BCUT2D eigenvalue weighted by molar-refractivity contribution is 5.75. The molecule has 1 aromatic heterocycles. The number of benzene rings is 1. The molecule has 0 aliphatic carbocycles. The highest BCUT2D eigenvalue weighted by Crippen LogP contribution is 2.21. The lowest BCUT2D eigenvalue weighted by Crippen LogP contribution is -2.38. The second-order valence-corrected chi connectivity index (χ2v) is 5.60. The average Bonchev–Trinajstić information content (AvgIpc) is 2.77. The molecule has 2 unspecified atom stereocenters. The van der Waals surface area contributed by atoms with Crippen LogP contribution in [0.25, 0.3) is 0 Å². The fraction of sp³-hybridized carbons (Fsp3) is 0.353. The molecule has 2 N–H and O–H groups in total. The van der Waals surface area contributed by atoms with Crippen molar-refractivity contribution in [1.29, 1.82) is 0 Å². The molecule has 1 aromatic carbocycles. The molecule has 23 heavy (non-hydrogen) atoms. The van der Waals surface area contributed by atoms with E-state index in [1.54, 1.807) is 6.92 Å². The third-order valence-corrected chi connectivity index (χ3v) is 3.67. The Morgan fingerprint density at radius 2 is 1.65 bits per heavy atom. The number of urea groups is 1. The maximum absolute atomic E-state index is 13.7. The molecule has 1 heterocycles. The summed E-state index contributed by atoms with van der Waals surface area (Å²) in [6.07, 6.45) is 0. The van der Waals surface area contributed by atoms with E-state index in [1.165, 1.54) is 6.07 Å². The van der Waals surface area contributed by atoms with E-state index in [0.29, 0.717) is 0 Å². The van der Waals surface area contributed by atoms with Gasteiger partial charge in [0.25, 0.3) is 0 Å². The lowest BCUT2D eigenvalue weighted by molar-refractivity contribution is 0.234. The Labute approximate surface area is 133 Å². The number of furan rings is 1. The molecule has 0 saturated carbocycles. The highest BCUT2D eigenvalue weighted by Gasteiger charge is 2.18. The van der Waals surface area contributed by atoms with Gasteiger partial charge in [0.05, 0.1) is 12.1 Å². The predicted molar refractivity (Wildman–Crippen MR) is 83.0 cm³/mol. The van der Waals surface area contributed by atoms with Crippen molar-refractivity contribution in [2.45, 2.75) is 39.8 Å². The molecule has 2 atom stereocenters. The van der Waals surface area contributed by atoms with E-state index in [2.05, 4.69) is 10.6 Å². The van der Waals surface area contributed by atoms with Gasteiger partial charge in [0.15, 0.2) is 0 Å². The van der Waals surface area contributed by atoms with E-state index in [4.69, 9.17) is 4.42 Å². The molecule has 0 aliphatic rings. The maximum atomic E-state index is 13.7. The van der Waals surface area contributed by atoms with Gasteiger partial charge in [0, 0.05) is 17.2 Å². The van der Waals surface area contributed by atoms with Crippen LogP contribution in [-0.4, -0.2) is 6.03 Å². The summed E-state index contributed by atoms with van der Waals surface area (Å²) in [5, 5.41) is 5.42. The van der Waals surface area contributed by atoms with Gasteiger partial charge < -0.3 is 15.1 Å². The summed E-state index contributed by atoms with van der Waals surface area (Å²) in [7, 11) is 0. The molecule has 0 fully saturated rings. The van der Waals surface area contributed by atoms with E-state index in [-0.39, 0.29) is 11.6 Å². The van der Waals surface area contributed by atoms with Gasteiger partial charge in [-0.25, -0.2) is 13.6 Å². The van der Waals surface area contributed by atoms with Crippen molar-refractivity contribution in [3.8, 4) is 0 Å². The van der Waals surface area contributed by atoms with Gasteiger partial charge in [0.2, 0.25) is 0 Å². The van der Waals surface area contributed by atoms with Crippen molar-refractivity contribution in [2.24, 2.45) is 0 Å². The van der Waals surface area contributed by atoms with Crippen molar-refractivity contribution in [2.75, 3.05) is 0 Å². The van der Waals surface area contributed by atoms with Gasteiger partial charge in [-0.1, -0.05) is 6.07 Å². The predicted octanol–water partition coefficient (Wildman–Crippen LogP) is 4.30. The zero-order valence-corrected chi connectivity index (χ0v) is 13.5. The third kappa shape index (κ3) is 4.09. The quantitative estimate of drug-likeness (QED) is 0.882. The Morgan fingerprint density at radius 3 is 2.17 bits per heavy atom. The number of halogens is 2. The van der Waals surface area contributed by atoms with Gasteiger partial charge >= 0.3 is 6.03 Å². The molecule has 0 aliphatic heterocycles. The summed E-state index contributed by atoms with van der Waals surface area (Å²) in [4.78, 5) is 12.1.